The van der Waals surface area contributed by atoms with Gasteiger partial charge in [-0.25, -0.2) is 4.98 Å². The van der Waals surface area contributed by atoms with Crippen molar-refractivity contribution in [1.82, 2.24) is 20.1 Å². The van der Waals surface area contributed by atoms with Gasteiger partial charge in [-0.05, 0) is 26.3 Å². The zero-order valence-corrected chi connectivity index (χ0v) is 13.2. The summed E-state index contributed by atoms with van der Waals surface area (Å²) in [6.45, 7) is 6.56. The molecule has 0 aliphatic heterocycles. The number of thiazole rings is 1. The van der Waals surface area contributed by atoms with Crippen LogP contribution < -0.4 is 0 Å². The highest BCUT2D eigenvalue weighted by molar-refractivity contribution is 7.09. The van der Waals surface area contributed by atoms with Crippen LogP contribution >= 0.6 is 11.3 Å². The van der Waals surface area contributed by atoms with Gasteiger partial charge in [0.2, 0.25) is 5.91 Å². The maximum absolute atomic E-state index is 12.1. The van der Waals surface area contributed by atoms with E-state index in [2.05, 4.69) is 15.2 Å². The molecule has 0 aromatic carbocycles. The van der Waals surface area contributed by atoms with Crippen LogP contribution in [0.3, 0.4) is 0 Å². The zero-order chi connectivity index (χ0) is 14.7. The van der Waals surface area contributed by atoms with Gasteiger partial charge < -0.3 is 4.90 Å². The summed E-state index contributed by atoms with van der Waals surface area (Å²) >= 11 is 1.59. The molecule has 1 N–H and O–H groups in total. The highest BCUT2D eigenvalue weighted by atomic mass is 32.1. The Labute approximate surface area is 123 Å². The van der Waals surface area contributed by atoms with E-state index in [0.29, 0.717) is 19.4 Å². The maximum atomic E-state index is 12.1. The Morgan fingerprint density at radius 3 is 2.70 bits per heavy atom. The number of hydrogen-bond acceptors (Lipinski definition) is 4. The van der Waals surface area contributed by atoms with Crippen molar-refractivity contribution in [3.05, 3.63) is 33.0 Å². The van der Waals surface area contributed by atoms with Crippen LogP contribution in [0, 0.1) is 20.8 Å². The van der Waals surface area contributed by atoms with E-state index >= 15 is 0 Å². The van der Waals surface area contributed by atoms with Gasteiger partial charge in [0.25, 0.3) is 0 Å². The molecular weight excluding hydrogens is 272 g/mol. The fourth-order valence-corrected chi connectivity index (χ4v) is 2.79. The largest absolute Gasteiger partial charge is 0.339 e. The van der Waals surface area contributed by atoms with Crippen LogP contribution in [0.1, 0.15) is 34.1 Å². The third kappa shape index (κ3) is 3.45. The van der Waals surface area contributed by atoms with Gasteiger partial charge in [-0.15, -0.1) is 11.3 Å². The van der Waals surface area contributed by atoms with E-state index in [1.54, 1.807) is 16.2 Å². The lowest BCUT2D eigenvalue weighted by atomic mass is 10.1. The molecule has 1 amide bonds. The smallest absolute Gasteiger partial charge is 0.223 e. The number of rotatable bonds is 5. The molecule has 6 heteroatoms. The number of nitrogens with one attached hydrogen (secondary N) is 1. The second kappa shape index (κ2) is 6.17. The van der Waals surface area contributed by atoms with E-state index in [-0.39, 0.29) is 5.91 Å². The highest BCUT2D eigenvalue weighted by Crippen LogP contribution is 2.13. The van der Waals surface area contributed by atoms with Crippen LogP contribution in [0.15, 0.2) is 5.38 Å². The molecule has 0 saturated heterocycles. The minimum Gasteiger partial charge on any atom is -0.339 e. The lowest BCUT2D eigenvalue weighted by Gasteiger charge is -2.15. The number of aromatic nitrogens is 3. The van der Waals surface area contributed by atoms with Gasteiger partial charge in [0.15, 0.2) is 0 Å². The molecule has 0 aliphatic rings. The first kappa shape index (κ1) is 14.7. The van der Waals surface area contributed by atoms with E-state index in [9.17, 15) is 4.79 Å². The monoisotopic (exact) mass is 292 g/mol. The molecule has 0 radical (unpaired) electrons. The normalized spacial score (nSPS) is 10.8. The van der Waals surface area contributed by atoms with Crippen molar-refractivity contribution in [1.29, 1.82) is 0 Å². The fourth-order valence-electron chi connectivity index (χ4n) is 1.96. The molecular formula is C14H20N4OS. The standard InChI is InChI=1S/C14H20N4OS/c1-9-8-20-13(15-9)7-18(4)14(19)6-5-12-10(2)11(3)16-17-12/h8H,5-7H2,1-4H3,(H,16,17). The maximum Gasteiger partial charge on any atom is 0.223 e. The Morgan fingerprint density at radius 2 is 2.15 bits per heavy atom. The zero-order valence-electron chi connectivity index (χ0n) is 12.4. The molecule has 2 aromatic rings. The highest BCUT2D eigenvalue weighted by Gasteiger charge is 2.13. The van der Waals surface area contributed by atoms with Gasteiger partial charge in [-0.1, -0.05) is 0 Å². The number of carbonyl (C=O) groups excluding carboxylic acids is 1. The molecule has 2 rings (SSSR count). The van der Waals surface area contributed by atoms with E-state index in [1.807, 2.05) is 33.2 Å². The summed E-state index contributed by atoms with van der Waals surface area (Å²) in [4.78, 5) is 18.2. The van der Waals surface area contributed by atoms with E-state index in [0.717, 1.165) is 27.7 Å². The molecule has 0 atom stereocenters. The Balaban J connectivity index is 1.86. The third-order valence-electron chi connectivity index (χ3n) is 3.39. The minimum atomic E-state index is 0.123. The lowest BCUT2D eigenvalue weighted by Crippen LogP contribution is -2.26. The van der Waals surface area contributed by atoms with Gasteiger partial charge in [-0.2, -0.15) is 5.10 Å². The van der Waals surface area contributed by atoms with E-state index < -0.39 is 0 Å². The van der Waals surface area contributed by atoms with Gasteiger partial charge in [0, 0.05) is 36.7 Å². The van der Waals surface area contributed by atoms with Crippen molar-refractivity contribution in [3.63, 3.8) is 0 Å². The fraction of sp³-hybridized carbons (Fsp3) is 0.500. The summed E-state index contributed by atoms with van der Waals surface area (Å²) in [5.74, 6) is 0.123. The second-order valence-electron chi connectivity index (χ2n) is 5.05. The number of carbonyl (C=O) groups is 1. The van der Waals surface area contributed by atoms with Crippen molar-refractivity contribution in [2.24, 2.45) is 0 Å². The number of H-pyrrole nitrogens is 1. The summed E-state index contributed by atoms with van der Waals surface area (Å²) < 4.78 is 0. The summed E-state index contributed by atoms with van der Waals surface area (Å²) in [6, 6.07) is 0. The van der Waals surface area contributed by atoms with Crippen molar-refractivity contribution < 1.29 is 4.79 Å². The van der Waals surface area contributed by atoms with Crippen LogP contribution in [0.2, 0.25) is 0 Å². The predicted octanol–water partition coefficient (Wildman–Crippen LogP) is 2.38. The minimum absolute atomic E-state index is 0.123. The lowest BCUT2D eigenvalue weighted by molar-refractivity contribution is -0.130. The number of nitrogens with zero attached hydrogens (tertiary/aromatic N) is 3. The van der Waals surface area contributed by atoms with Crippen LogP contribution in [0.5, 0.6) is 0 Å². The topological polar surface area (TPSA) is 61.9 Å². The number of amides is 1. The van der Waals surface area contributed by atoms with E-state index in [1.165, 1.54) is 0 Å². The van der Waals surface area contributed by atoms with Crippen molar-refractivity contribution >= 4 is 17.2 Å². The SMILES string of the molecule is Cc1csc(CN(C)C(=O)CCc2n[nH]c(C)c2C)n1. The predicted molar refractivity (Wildman–Crippen MR) is 79.7 cm³/mol. The van der Waals surface area contributed by atoms with Crippen LogP contribution in [0.25, 0.3) is 0 Å². The summed E-state index contributed by atoms with van der Waals surface area (Å²) in [5, 5.41) is 10.2. The first-order chi connectivity index (χ1) is 9.47. The average Bonchev–Trinajstić information content (AvgIpc) is 2.95. The van der Waals surface area contributed by atoms with Crippen molar-refractivity contribution in [2.45, 2.75) is 40.2 Å². The van der Waals surface area contributed by atoms with Crippen LogP contribution in [-0.2, 0) is 17.8 Å². The number of aryl methyl sites for hydroxylation is 3. The quantitative estimate of drug-likeness (QED) is 0.920. The van der Waals surface area contributed by atoms with E-state index in [4.69, 9.17) is 0 Å². The number of hydrogen-bond donors (Lipinski definition) is 1. The molecule has 0 bridgehead atoms. The summed E-state index contributed by atoms with van der Waals surface area (Å²) in [6.07, 6.45) is 1.15. The average molecular weight is 292 g/mol. The molecule has 2 aromatic heterocycles. The third-order valence-corrected chi connectivity index (χ3v) is 4.35. The Kier molecular flexibility index (Phi) is 4.54. The molecule has 0 unspecified atom stereocenters. The van der Waals surface area contributed by atoms with Gasteiger partial charge in [0.1, 0.15) is 5.01 Å². The second-order valence-corrected chi connectivity index (χ2v) is 6.00. The molecule has 0 saturated carbocycles. The number of aromatic amines is 1. The molecule has 2 heterocycles. The molecule has 0 aliphatic carbocycles. The van der Waals surface area contributed by atoms with Gasteiger partial charge in [-0.3, -0.25) is 9.89 Å². The first-order valence-electron chi connectivity index (χ1n) is 6.62. The molecule has 0 spiro atoms. The Morgan fingerprint density at radius 1 is 1.40 bits per heavy atom. The van der Waals surface area contributed by atoms with Crippen LogP contribution in [0.4, 0.5) is 0 Å². The first-order valence-corrected chi connectivity index (χ1v) is 7.50. The Hall–Kier alpha value is -1.69. The van der Waals surface area contributed by atoms with Crippen molar-refractivity contribution in [2.75, 3.05) is 7.05 Å². The molecule has 108 valence electrons. The van der Waals surface area contributed by atoms with Gasteiger partial charge >= 0.3 is 0 Å². The van der Waals surface area contributed by atoms with Gasteiger partial charge in [0.05, 0.1) is 12.2 Å². The van der Waals surface area contributed by atoms with Crippen molar-refractivity contribution in [3.8, 4) is 0 Å². The molecule has 5 nitrogen and oxygen atoms in total. The summed E-state index contributed by atoms with van der Waals surface area (Å²) in [7, 11) is 1.82. The van der Waals surface area contributed by atoms with Crippen LogP contribution in [-0.4, -0.2) is 33.0 Å². The molecule has 0 fully saturated rings. The summed E-state index contributed by atoms with van der Waals surface area (Å²) in [5.41, 5.74) is 4.21. The molecule has 20 heavy (non-hydrogen) atoms. The Bertz CT molecular complexity index is 602.